The van der Waals surface area contributed by atoms with Gasteiger partial charge in [-0.15, -0.1) is 15.3 Å². The van der Waals surface area contributed by atoms with E-state index in [-0.39, 0.29) is 12.1 Å². The number of pyridine rings is 1. The fraction of sp³-hybridized carbons (Fsp3) is 0.150. The number of amides is 1. The summed E-state index contributed by atoms with van der Waals surface area (Å²) in [5.74, 6) is 0.223. The van der Waals surface area contributed by atoms with Crippen molar-refractivity contribution in [1.82, 2.24) is 30.1 Å². The lowest BCUT2D eigenvalue weighted by Gasteiger charge is -2.07. The van der Waals surface area contributed by atoms with Gasteiger partial charge in [0.15, 0.2) is 11.5 Å². The van der Waals surface area contributed by atoms with Crippen LogP contribution >= 0.6 is 0 Å². The summed E-state index contributed by atoms with van der Waals surface area (Å²) in [7, 11) is 0. The molecule has 0 aliphatic heterocycles. The van der Waals surface area contributed by atoms with Crippen molar-refractivity contribution in [3.8, 4) is 0 Å². The van der Waals surface area contributed by atoms with Gasteiger partial charge in [0, 0.05) is 19.2 Å². The Hall–Kier alpha value is -3.88. The van der Waals surface area contributed by atoms with E-state index in [1.165, 1.54) is 12.1 Å². The van der Waals surface area contributed by atoms with Crippen LogP contribution in [0.25, 0.3) is 5.65 Å². The number of hydrogen-bond donors (Lipinski definition) is 2. The summed E-state index contributed by atoms with van der Waals surface area (Å²) in [6.07, 6.45) is 2.14. The summed E-state index contributed by atoms with van der Waals surface area (Å²) < 4.78 is 15.3. The second kappa shape index (κ2) is 8.42. The molecular weight excluding hydrogens is 373 g/mol. The van der Waals surface area contributed by atoms with Gasteiger partial charge in [-0.3, -0.25) is 9.78 Å². The molecule has 0 spiro atoms. The standard InChI is InChI=1S/C20H18FN7O/c21-16-7-2-1-6-15(16)20(29)23-12-10-19-26-25-18-9-8-17(27-28(18)19)24-13-14-5-3-4-11-22-14/h1-9,11H,10,12-13H2,(H,23,29)(H,24,27). The number of fused-ring (bicyclic) bond motifs is 1. The molecule has 0 saturated carbocycles. The first-order chi connectivity index (χ1) is 14.2. The first-order valence-corrected chi connectivity index (χ1v) is 9.08. The molecule has 0 saturated heterocycles. The van der Waals surface area contributed by atoms with Gasteiger partial charge in [-0.25, -0.2) is 4.39 Å². The predicted molar refractivity (Wildman–Crippen MR) is 105 cm³/mol. The highest BCUT2D eigenvalue weighted by Gasteiger charge is 2.12. The van der Waals surface area contributed by atoms with E-state index in [4.69, 9.17) is 0 Å². The Balaban J connectivity index is 1.40. The van der Waals surface area contributed by atoms with E-state index in [1.54, 1.807) is 22.8 Å². The number of nitrogens with zero attached hydrogens (tertiary/aromatic N) is 5. The Morgan fingerprint density at radius 3 is 2.72 bits per heavy atom. The molecule has 0 aliphatic rings. The molecule has 4 rings (SSSR count). The van der Waals surface area contributed by atoms with Gasteiger partial charge in [0.1, 0.15) is 11.6 Å². The number of rotatable bonds is 7. The zero-order chi connectivity index (χ0) is 20.1. The third-order valence-electron chi connectivity index (χ3n) is 4.26. The van der Waals surface area contributed by atoms with E-state index >= 15 is 0 Å². The second-order valence-electron chi connectivity index (χ2n) is 6.27. The van der Waals surface area contributed by atoms with Crippen LogP contribution in [0.5, 0.6) is 0 Å². The molecule has 1 aromatic carbocycles. The van der Waals surface area contributed by atoms with Crippen LogP contribution in [0.15, 0.2) is 60.8 Å². The van der Waals surface area contributed by atoms with Gasteiger partial charge in [0.2, 0.25) is 0 Å². The molecule has 3 heterocycles. The Labute approximate surface area is 165 Å². The third-order valence-corrected chi connectivity index (χ3v) is 4.26. The highest BCUT2D eigenvalue weighted by molar-refractivity contribution is 5.94. The molecular formula is C20H18FN7O. The molecule has 4 aromatic rings. The molecule has 0 bridgehead atoms. The largest absolute Gasteiger partial charge is 0.363 e. The third kappa shape index (κ3) is 4.34. The van der Waals surface area contributed by atoms with Crippen LogP contribution in [-0.2, 0) is 13.0 Å². The van der Waals surface area contributed by atoms with E-state index in [9.17, 15) is 9.18 Å². The highest BCUT2D eigenvalue weighted by atomic mass is 19.1. The maximum absolute atomic E-state index is 13.7. The monoisotopic (exact) mass is 391 g/mol. The Bertz CT molecular complexity index is 1130. The van der Waals surface area contributed by atoms with Crippen molar-refractivity contribution in [2.45, 2.75) is 13.0 Å². The van der Waals surface area contributed by atoms with Crippen LogP contribution in [0.1, 0.15) is 21.9 Å². The van der Waals surface area contributed by atoms with E-state index in [1.807, 2.05) is 30.3 Å². The lowest BCUT2D eigenvalue weighted by atomic mass is 10.2. The summed E-state index contributed by atoms with van der Waals surface area (Å²) in [5.41, 5.74) is 1.51. The number of carbonyl (C=O) groups is 1. The Kier molecular flexibility index (Phi) is 5.37. The lowest BCUT2D eigenvalue weighted by Crippen LogP contribution is -2.27. The van der Waals surface area contributed by atoms with Crippen molar-refractivity contribution in [3.63, 3.8) is 0 Å². The van der Waals surface area contributed by atoms with Crippen LogP contribution in [-0.4, -0.2) is 37.2 Å². The van der Waals surface area contributed by atoms with Gasteiger partial charge < -0.3 is 10.6 Å². The SMILES string of the molecule is O=C(NCCc1nnc2ccc(NCc3ccccn3)nn12)c1ccccc1F. The summed E-state index contributed by atoms with van der Waals surface area (Å²) in [4.78, 5) is 16.4. The van der Waals surface area contributed by atoms with Gasteiger partial charge in [-0.2, -0.15) is 4.52 Å². The van der Waals surface area contributed by atoms with Crippen LogP contribution in [0, 0.1) is 5.82 Å². The molecule has 2 N–H and O–H groups in total. The van der Waals surface area contributed by atoms with E-state index in [0.29, 0.717) is 30.3 Å². The van der Waals surface area contributed by atoms with Crippen molar-refractivity contribution in [2.24, 2.45) is 0 Å². The normalized spacial score (nSPS) is 10.8. The summed E-state index contributed by atoms with van der Waals surface area (Å²) >= 11 is 0. The lowest BCUT2D eigenvalue weighted by molar-refractivity contribution is 0.0950. The number of carbonyl (C=O) groups excluding carboxylic acids is 1. The minimum Gasteiger partial charge on any atom is -0.363 e. The van der Waals surface area contributed by atoms with Gasteiger partial charge in [0.05, 0.1) is 17.8 Å². The average Bonchev–Trinajstić information content (AvgIpc) is 3.15. The molecule has 0 atom stereocenters. The highest BCUT2D eigenvalue weighted by Crippen LogP contribution is 2.09. The summed E-state index contributed by atoms with van der Waals surface area (Å²) in [6.45, 7) is 0.816. The molecule has 29 heavy (non-hydrogen) atoms. The predicted octanol–water partition coefficient (Wildman–Crippen LogP) is 2.24. The zero-order valence-electron chi connectivity index (χ0n) is 15.4. The maximum atomic E-state index is 13.7. The molecule has 8 nitrogen and oxygen atoms in total. The minimum absolute atomic E-state index is 0.0118. The summed E-state index contributed by atoms with van der Waals surface area (Å²) in [5, 5.41) is 18.6. The molecule has 0 fully saturated rings. The zero-order valence-corrected chi connectivity index (χ0v) is 15.4. The minimum atomic E-state index is -0.553. The van der Waals surface area contributed by atoms with Crippen molar-refractivity contribution >= 4 is 17.4 Å². The molecule has 1 amide bonds. The fourth-order valence-electron chi connectivity index (χ4n) is 2.80. The van der Waals surface area contributed by atoms with E-state index in [0.717, 1.165) is 5.69 Å². The molecule has 0 unspecified atom stereocenters. The van der Waals surface area contributed by atoms with Crippen molar-refractivity contribution in [2.75, 3.05) is 11.9 Å². The molecule has 3 aromatic heterocycles. The van der Waals surface area contributed by atoms with Crippen LogP contribution in [0.3, 0.4) is 0 Å². The number of nitrogens with one attached hydrogen (secondary N) is 2. The van der Waals surface area contributed by atoms with Crippen LogP contribution in [0.2, 0.25) is 0 Å². The quantitative estimate of drug-likeness (QED) is 0.502. The first-order valence-electron chi connectivity index (χ1n) is 9.08. The number of benzene rings is 1. The maximum Gasteiger partial charge on any atom is 0.254 e. The van der Waals surface area contributed by atoms with Crippen LogP contribution in [0.4, 0.5) is 10.2 Å². The molecule has 146 valence electrons. The molecule has 9 heteroatoms. The average molecular weight is 391 g/mol. The van der Waals surface area contributed by atoms with Crippen molar-refractivity contribution < 1.29 is 9.18 Å². The van der Waals surface area contributed by atoms with Gasteiger partial charge in [0.25, 0.3) is 5.91 Å². The fourth-order valence-corrected chi connectivity index (χ4v) is 2.80. The van der Waals surface area contributed by atoms with Gasteiger partial charge >= 0.3 is 0 Å². The van der Waals surface area contributed by atoms with Crippen LogP contribution < -0.4 is 10.6 Å². The number of halogens is 1. The van der Waals surface area contributed by atoms with Crippen molar-refractivity contribution in [1.29, 1.82) is 0 Å². The topological polar surface area (TPSA) is 97.1 Å². The Morgan fingerprint density at radius 2 is 1.90 bits per heavy atom. The number of hydrogen-bond acceptors (Lipinski definition) is 6. The molecule has 0 aliphatic carbocycles. The van der Waals surface area contributed by atoms with Crippen molar-refractivity contribution in [3.05, 3.63) is 83.7 Å². The first kappa shape index (κ1) is 18.5. The van der Waals surface area contributed by atoms with Gasteiger partial charge in [-0.1, -0.05) is 18.2 Å². The second-order valence-corrected chi connectivity index (χ2v) is 6.27. The Morgan fingerprint density at radius 1 is 1.03 bits per heavy atom. The number of anilines is 1. The summed E-state index contributed by atoms with van der Waals surface area (Å²) in [6, 6.07) is 15.2. The molecule has 0 radical (unpaired) electrons. The van der Waals surface area contributed by atoms with E-state index < -0.39 is 11.7 Å². The smallest absolute Gasteiger partial charge is 0.254 e. The van der Waals surface area contributed by atoms with E-state index in [2.05, 4.69) is 30.9 Å². The number of aromatic nitrogens is 5. The van der Waals surface area contributed by atoms with Gasteiger partial charge in [-0.05, 0) is 36.4 Å².